The van der Waals surface area contributed by atoms with Gasteiger partial charge in [-0.05, 0) is 12.0 Å². The van der Waals surface area contributed by atoms with Crippen LogP contribution in [0.2, 0.25) is 0 Å². The zero-order chi connectivity index (χ0) is 14.6. The Labute approximate surface area is 117 Å². The standard InChI is InChI=1S/C14H18N2O4/c1-15-12(17)11(7-10-5-3-2-4-6-10)16-14(13(18)19)8-20-9-14/h2-6,11,16H,7-9H2,1H3,(H,15,17)(H,18,19)/t11-/m0/s1. The van der Waals surface area contributed by atoms with Gasteiger partial charge in [0, 0.05) is 7.05 Å². The maximum atomic E-state index is 11.9. The van der Waals surface area contributed by atoms with Gasteiger partial charge < -0.3 is 15.2 Å². The lowest BCUT2D eigenvalue weighted by Crippen LogP contribution is -2.69. The molecule has 1 fully saturated rings. The molecule has 1 aromatic carbocycles. The Morgan fingerprint density at radius 2 is 2.00 bits per heavy atom. The highest BCUT2D eigenvalue weighted by Crippen LogP contribution is 2.19. The van der Waals surface area contributed by atoms with Crippen LogP contribution in [0.1, 0.15) is 5.56 Å². The van der Waals surface area contributed by atoms with E-state index in [1.165, 1.54) is 7.05 Å². The first-order valence-electron chi connectivity index (χ1n) is 6.42. The van der Waals surface area contributed by atoms with Crippen LogP contribution in [0.3, 0.4) is 0 Å². The fraction of sp³-hybridized carbons (Fsp3) is 0.429. The minimum absolute atomic E-state index is 0.0740. The van der Waals surface area contributed by atoms with Crippen molar-refractivity contribution < 1.29 is 19.4 Å². The maximum Gasteiger partial charge on any atom is 0.328 e. The fourth-order valence-electron chi connectivity index (χ4n) is 2.14. The van der Waals surface area contributed by atoms with E-state index in [0.717, 1.165) is 5.56 Å². The third-order valence-electron chi connectivity index (χ3n) is 3.40. The van der Waals surface area contributed by atoms with E-state index in [-0.39, 0.29) is 19.1 Å². The number of hydrogen-bond acceptors (Lipinski definition) is 4. The average molecular weight is 278 g/mol. The van der Waals surface area contributed by atoms with Crippen LogP contribution in [0.25, 0.3) is 0 Å². The summed E-state index contributed by atoms with van der Waals surface area (Å²) in [5, 5.41) is 14.8. The van der Waals surface area contributed by atoms with Crippen molar-refractivity contribution in [3.8, 4) is 0 Å². The smallest absolute Gasteiger partial charge is 0.328 e. The summed E-state index contributed by atoms with van der Waals surface area (Å²) >= 11 is 0. The molecule has 3 N–H and O–H groups in total. The van der Waals surface area contributed by atoms with E-state index >= 15 is 0 Å². The van der Waals surface area contributed by atoms with E-state index in [9.17, 15) is 14.7 Å². The Bertz CT molecular complexity index is 485. The summed E-state index contributed by atoms with van der Waals surface area (Å²) in [7, 11) is 1.53. The average Bonchev–Trinajstić information content (AvgIpc) is 2.41. The first kappa shape index (κ1) is 14.5. The summed E-state index contributed by atoms with van der Waals surface area (Å²) in [6.07, 6.45) is 0.426. The molecule has 1 aromatic rings. The van der Waals surface area contributed by atoms with Crippen LogP contribution in [0, 0.1) is 0 Å². The molecular formula is C14H18N2O4. The summed E-state index contributed by atoms with van der Waals surface area (Å²) in [5.74, 6) is -1.23. The molecule has 0 unspecified atom stereocenters. The highest BCUT2D eigenvalue weighted by Gasteiger charge is 2.48. The van der Waals surface area contributed by atoms with Crippen molar-refractivity contribution in [1.29, 1.82) is 0 Å². The van der Waals surface area contributed by atoms with E-state index in [4.69, 9.17) is 4.74 Å². The summed E-state index contributed by atoms with van der Waals surface area (Å²) in [5.41, 5.74) is -0.194. The number of rotatable bonds is 6. The fourth-order valence-corrected chi connectivity index (χ4v) is 2.14. The molecule has 6 nitrogen and oxygen atoms in total. The predicted molar refractivity (Wildman–Crippen MR) is 72.3 cm³/mol. The van der Waals surface area contributed by atoms with Crippen molar-refractivity contribution in [2.45, 2.75) is 18.0 Å². The van der Waals surface area contributed by atoms with E-state index in [0.29, 0.717) is 6.42 Å². The molecule has 6 heteroatoms. The highest BCUT2D eigenvalue weighted by molar-refractivity contribution is 5.85. The molecule has 20 heavy (non-hydrogen) atoms. The maximum absolute atomic E-state index is 11.9. The molecule has 2 rings (SSSR count). The predicted octanol–water partition coefficient (Wildman–Crippen LogP) is -0.213. The lowest BCUT2D eigenvalue weighted by atomic mass is 9.94. The van der Waals surface area contributed by atoms with E-state index < -0.39 is 17.6 Å². The molecule has 0 spiro atoms. The minimum Gasteiger partial charge on any atom is -0.480 e. The van der Waals surface area contributed by atoms with Gasteiger partial charge in [-0.15, -0.1) is 0 Å². The molecule has 0 aromatic heterocycles. The van der Waals surface area contributed by atoms with Crippen LogP contribution >= 0.6 is 0 Å². The second-order valence-electron chi connectivity index (χ2n) is 4.88. The number of carbonyl (C=O) groups excluding carboxylic acids is 1. The molecule has 1 saturated heterocycles. The first-order valence-corrected chi connectivity index (χ1v) is 6.42. The van der Waals surface area contributed by atoms with Crippen LogP contribution in [0.4, 0.5) is 0 Å². The summed E-state index contributed by atoms with van der Waals surface area (Å²) in [6, 6.07) is 8.86. The molecule has 1 aliphatic heterocycles. The summed E-state index contributed by atoms with van der Waals surface area (Å²) in [6.45, 7) is 0.148. The number of hydrogen-bond donors (Lipinski definition) is 3. The van der Waals surface area contributed by atoms with Crippen molar-refractivity contribution in [2.75, 3.05) is 20.3 Å². The van der Waals surface area contributed by atoms with Crippen LogP contribution in [-0.4, -0.2) is 48.8 Å². The van der Waals surface area contributed by atoms with Crippen molar-refractivity contribution in [2.24, 2.45) is 0 Å². The van der Waals surface area contributed by atoms with Gasteiger partial charge in [0.05, 0.1) is 19.3 Å². The molecule has 0 saturated carbocycles. The first-order chi connectivity index (χ1) is 9.57. The van der Waals surface area contributed by atoms with Gasteiger partial charge in [0.25, 0.3) is 0 Å². The largest absolute Gasteiger partial charge is 0.480 e. The number of nitrogens with one attached hydrogen (secondary N) is 2. The number of ether oxygens (including phenoxy) is 1. The lowest BCUT2D eigenvalue weighted by Gasteiger charge is -2.40. The molecule has 1 aliphatic rings. The SMILES string of the molecule is CNC(=O)[C@H](Cc1ccccc1)NC1(C(=O)O)COC1. The molecule has 1 amide bonds. The van der Waals surface area contributed by atoms with E-state index in [1.807, 2.05) is 30.3 Å². The van der Waals surface area contributed by atoms with Crippen LogP contribution < -0.4 is 10.6 Å². The van der Waals surface area contributed by atoms with Crippen molar-refractivity contribution in [3.05, 3.63) is 35.9 Å². The molecule has 0 aliphatic carbocycles. The third kappa shape index (κ3) is 2.97. The minimum atomic E-state index is -1.16. The molecule has 1 atom stereocenters. The molecule has 108 valence electrons. The van der Waals surface area contributed by atoms with Crippen molar-refractivity contribution in [3.63, 3.8) is 0 Å². The topological polar surface area (TPSA) is 87.7 Å². The number of carboxylic acid groups (broad SMARTS) is 1. The molecular weight excluding hydrogens is 260 g/mol. The summed E-state index contributed by atoms with van der Waals surface area (Å²) in [4.78, 5) is 23.3. The Kier molecular flexibility index (Phi) is 4.36. The normalized spacial score (nSPS) is 17.9. The van der Waals surface area contributed by atoms with Gasteiger partial charge in [-0.3, -0.25) is 14.9 Å². The third-order valence-corrected chi connectivity index (χ3v) is 3.40. The molecule has 1 heterocycles. The van der Waals surface area contributed by atoms with E-state index in [1.54, 1.807) is 0 Å². The van der Waals surface area contributed by atoms with Gasteiger partial charge in [0.2, 0.25) is 5.91 Å². The highest BCUT2D eigenvalue weighted by atomic mass is 16.5. The Balaban J connectivity index is 2.12. The van der Waals surface area contributed by atoms with Crippen LogP contribution in [0.15, 0.2) is 30.3 Å². The Hall–Kier alpha value is -1.92. The Morgan fingerprint density at radius 1 is 1.35 bits per heavy atom. The van der Waals surface area contributed by atoms with Crippen molar-refractivity contribution >= 4 is 11.9 Å². The monoisotopic (exact) mass is 278 g/mol. The number of benzene rings is 1. The van der Waals surface area contributed by atoms with Gasteiger partial charge >= 0.3 is 5.97 Å². The lowest BCUT2D eigenvalue weighted by molar-refractivity contribution is -0.167. The number of carboxylic acids is 1. The van der Waals surface area contributed by atoms with Gasteiger partial charge in [-0.1, -0.05) is 30.3 Å². The van der Waals surface area contributed by atoms with Crippen LogP contribution in [-0.2, 0) is 20.7 Å². The number of carbonyl (C=O) groups is 2. The molecule has 0 bridgehead atoms. The number of likely N-dealkylation sites (N-methyl/N-ethyl adjacent to an activating group) is 1. The number of amides is 1. The van der Waals surface area contributed by atoms with E-state index in [2.05, 4.69) is 10.6 Å². The molecule has 0 radical (unpaired) electrons. The summed E-state index contributed by atoms with van der Waals surface area (Å²) < 4.78 is 4.99. The van der Waals surface area contributed by atoms with Crippen molar-refractivity contribution in [1.82, 2.24) is 10.6 Å². The second-order valence-corrected chi connectivity index (χ2v) is 4.88. The van der Waals surface area contributed by atoms with Crippen LogP contribution in [0.5, 0.6) is 0 Å². The quantitative estimate of drug-likeness (QED) is 0.670. The second kappa shape index (κ2) is 6.02. The van der Waals surface area contributed by atoms with Gasteiger partial charge in [-0.25, -0.2) is 0 Å². The zero-order valence-electron chi connectivity index (χ0n) is 11.3. The number of aliphatic carboxylic acids is 1. The zero-order valence-corrected chi connectivity index (χ0v) is 11.3. The van der Waals surface area contributed by atoms with Gasteiger partial charge in [-0.2, -0.15) is 0 Å². The van der Waals surface area contributed by atoms with Gasteiger partial charge in [0.15, 0.2) is 5.54 Å². The van der Waals surface area contributed by atoms with Gasteiger partial charge in [0.1, 0.15) is 0 Å². The Morgan fingerprint density at radius 3 is 2.45 bits per heavy atom.